The quantitative estimate of drug-likeness (QED) is 0.280. The largest absolute Gasteiger partial charge is 0.481 e. The van der Waals surface area contributed by atoms with Crippen molar-refractivity contribution in [1.29, 1.82) is 0 Å². The van der Waals surface area contributed by atoms with Crippen LogP contribution in [0.1, 0.15) is 61.2 Å². The number of carbonyl (C=O) groups excluding carboxylic acids is 2. The lowest BCUT2D eigenvalue weighted by atomic mass is 10.0. The molecule has 0 atom stereocenters. The monoisotopic (exact) mass is 568 g/mol. The van der Waals surface area contributed by atoms with E-state index >= 15 is 0 Å². The van der Waals surface area contributed by atoms with Crippen LogP contribution < -0.4 is 16.0 Å². The molecule has 42 heavy (non-hydrogen) atoms. The highest BCUT2D eigenvalue weighted by atomic mass is 16.4. The number of nitrogens with zero attached hydrogens (tertiary/aromatic N) is 1. The van der Waals surface area contributed by atoms with Crippen molar-refractivity contribution in [2.75, 3.05) is 0 Å². The second-order valence-electron chi connectivity index (χ2n) is 10.1. The van der Waals surface area contributed by atoms with Gasteiger partial charge < -0.3 is 25.5 Å². The van der Waals surface area contributed by atoms with Crippen molar-refractivity contribution >= 4 is 53.8 Å². The van der Waals surface area contributed by atoms with E-state index in [9.17, 15) is 24.3 Å². The van der Waals surface area contributed by atoms with Gasteiger partial charge >= 0.3 is 11.9 Å². The molecule has 2 aromatic rings. The third-order valence-electron chi connectivity index (χ3n) is 7.38. The molecule has 0 fully saturated rings. The van der Waals surface area contributed by atoms with Crippen LogP contribution in [-0.4, -0.2) is 49.6 Å². The maximum absolute atomic E-state index is 12.3. The number of aromatic nitrogens is 2. The van der Waals surface area contributed by atoms with Gasteiger partial charge in [0, 0.05) is 57.2 Å². The van der Waals surface area contributed by atoms with Gasteiger partial charge in [0.1, 0.15) is 0 Å². The van der Waals surface area contributed by atoms with Gasteiger partial charge in [0.15, 0.2) is 0 Å². The molecule has 0 saturated carbocycles. The summed E-state index contributed by atoms with van der Waals surface area (Å²) in [4.78, 5) is 57.8. The van der Waals surface area contributed by atoms with E-state index in [0.29, 0.717) is 44.4 Å². The minimum atomic E-state index is -0.981. The highest BCUT2D eigenvalue weighted by Crippen LogP contribution is 2.27. The third-order valence-corrected chi connectivity index (χ3v) is 7.38. The first-order valence-corrected chi connectivity index (χ1v) is 13.3. The minimum absolute atomic E-state index is 0.103. The molecule has 10 nitrogen and oxygen atoms in total. The molecule has 2 amide bonds. The first-order chi connectivity index (χ1) is 19.9. The minimum Gasteiger partial charge on any atom is -0.481 e. The van der Waals surface area contributed by atoms with Crippen LogP contribution in [0.15, 0.2) is 58.3 Å². The molecule has 0 aliphatic carbocycles. The number of carboxylic acids is 2. The first kappa shape index (κ1) is 29.7. The van der Waals surface area contributed by atoms with Gasteiger partial charge in [-0.05, 0) is 74.6 Å². The molecule has 0 spiro atoms. The Morgan fingerprint density at radius 3 is 2.24 bits per heavy atom. The summed E-state index contributed by atoms with van der Waals surface area (Å²) in [6, 6.07) is 1.84. The van der Waals surface area contributed by atoms with Crippen LogP contribution in [0, 0.1) is 6.92 Å². The van der Waals surface area contributed by atoms with Crippen LogP contribution >= 0.6 is 0 Å². The topological polar surface area (TPSA) is 165 Å². The highest BCUT2D eigenvalue weighted by molar-refractivity contribution is 6.31. The predicted octanol–water partition coefficient (Wildman–Crippen LogP) is 3.06. The van der Waals surface area contributed by atoms with Crippen LogP contribution in [0.4, 0.5) is 0 Å². The molecular weight excluding hydrogens is 536 g/mol. The van der Waals surface area contributed by atoms with Gasteiger partial charge in [0.2, 0.25) is 0 Å². The van der Waals surface area contributed by atoms with Crippen LogP contribution in [-0.2, 0) is 25.6 Å². The van der Waals surface area contributed by atoms with Gasteiger partial charge in [-0.2, -0.15) is 0 Å². The number of aliphatic carboxylic acids is 2. The predicted molar refractivity (Wildman–Crippen MR) is 161 cm³/mol. The Bertz CT molecular complexity index is 1810. The van der Waals surface area contributed by atoms with Gasteiger partial charge in [-0.1, -0.05) is 25.3 Å². The van der Waals surface area contributed by atoms with Crippen LogP contribution in [0.3, 0.4) is 0 Å². The molecule has 0 unspecified atom stereocenters. The van der Waals surface area contributed by atoms with E-state index in [0.717, 1.165) is 28.1 Å². The van der Waals surface area contributed by atoms with Crippen molar-refractivity contribution in [3.05, 3.63) is 92.1 Å². The average Bonchev–Trinajstić information content (AvgIpc) is 3.61. The molecule has 5 N–H and O–H groups in total. The number of aliphatic imine (C=N–C) groups is 1. The van der Waals surface area contributed by atoms with Gasteiger partial charge in [0.05, 0.1) is 11.4 Å². The number of H-pyrrole nitrogens is 2. The number of allylic oxidation sites excluding steroid dienone is 2. The van der Waals surface area contributed by atoms with E-state index < -0.39 is 17.8 Å². The van der Waals surface area contributed by atoms with Crippen LogP contribution in [0.5, 0.6) is 0 Å². The van der Waals surface area contributed by atoms with Gasteiger partial charge in [0.25, 0.3) is 11.8 Å². The Hall–Kier alpha value is -5.25. The number of aryl methyl sites for hydroxylation is 1. The summed E-state index contributed by atoms with van der Waals surface area (Å²) in [7, 11) is 0. The van der Waals surface area contributed by atoms with Crippen LogP contribution in [0.25, 0.3) is 24.3 Å². The van der Waals surface area contributed by atoms with Crippen molar-refractivity contribution in [3.8, 4) is 0 Å². The third kappa shape index (κ3) is 6.07. The van der Waals surface area contributed by atoms with Crippen molar-refractivity contribution < 1.29 is 29.4 Å². The fourth-order valence-electron chi connectivity index (χ4n) is 5.04. The van der Waals surface area contributed by atoms with Crippen molar-refractivity contribution in [2.45, 2.75) is 46.5 Å². The molecule has 0 aromatic carbocycles. The van der Waals surface area contributed by atoms with Gasteiger partial charge in [-0.15, -0.1) is 0 Å². The molecule has 2 aliphatic rings. The number of rotatable bonds is 11. The fourth-order valence-corrected chi connectivity index (χ4v) is 5.04. The lowest BCUT2D eigenvalue weighted by Crippen LogP contribution is -2.16. The molecule has 0 saturated heterocycles. The first-order valence-electron chi connectivity index (χ1n) is 13.3. The smallest absolute Gasteiger partial charge is 0.303 e. The van der Waals surface area contributed by atoms with Gasteiger partial charge in [-0.3, -0.25) is 19.2 Å². The summed E-state index contributed by atoms with van der Waals surface area (Å²) in [6.07, 6.45) is 8.88. The van der Waals surface area contributed by atoms with E-state index in [4.69, 9.17) is 5.11 Å². The molecule has 2 aromatic heterocycles. The lowest BCUT2D eigenvalue weighted by molar-refractivity contribution is -0.137. The van der Waals surface area contributed by atoms with E-state index in [1.54, 1.807) is 32.1 Å². The second kappa shape index (κ2) is 12.1. The van der Waals surface area contributed by atoms with E-state index in [1.165, 1.54) is 0 Å². The molecule has 2 aliphatic heterocycles. The van der Waals surface area contributed by atoms with Crippen molar-refractivity contribution in [1.82, 2.24) is 15.3 Å². The van der Waals surface area contributed by atoms with Crippen molar-refractivity contribution in [3.63, 3.8) is 0 Å². The maximum atomic E-state index is 12.3. The van der Waals surface area contributed by atoms with Crippen molar-refractivity contribution in [2.24, 2.45) is 4.99 Å². The zero-order valence-corrected chi connectivity index (χ0v) is 23.7. The Kier molecular flexibility index (Phi) is 8.56. The van der Waals surface area contributed by atoms with E-state index in [2.05, 4.69) is 33.4 Å². The standard InChI is InChI=1S/C32H32N4O6/c1-6-21-16(3)24(34-26(21)15-27-22(7-2)17(4)31(41)35-27)13-20-12-19(8-10-29(37)38)25(33-20)14-28-23(9-11-30(39)40)18(5)32(42)36-28/h6-7,12-15,33-34H,1-2,8-11H2,3-5H3,(H,35,41)(H,37,38)(H,39,40)/b20-13?,25-14?,27-15-. The SMILES string of the molecule is C=CC1=C(C)C(=O)N/C1=C\c1[nH]c(C=c2cc(CCC(=O)O)c(=CC3=NC(=O)C(C)=C3CCC(=O)O)[nH]2)c(C)c1C=C. The van der Waals surface area contributed by atoms with Gasteiger partial charge in [-0.25, -0.2) is 4.99 Å². The fraction of sp³-hybridized carbons (Fsp3) is 0.219. The molecule has 4 rings (SSSR count). The zero-order valence-electron chi connectivity index (χ0n) is 23.7. The Morgan fingerprint density at radius 1 is 0.905 bits per heavy atom. The molecule has 0 radical (unpaired) electrons. The normalized spacial score (nSPS) is 17.0. The maximum Gasteiger partial charge on any atom is 0.303 e. The highest BCUT2D eigenvalue weighted by Gasteiger charge is 2.24. The Morgan fingerprint density at radius 2 is 1.60 bits per heavy atom. The molecule has 0 bridgehead atoms. The summed E-state index contributed by atoms with van der Waals surface area (Å²) in [5, 5.41) is 22.5. The summed E-state index contributed by atoms with van der Waals surface area (Å²) in [6.45, 7) is 13.1. The average molecular weight is 569 g/mol. The summed E-state index contributed by atoms with van der Waals surface area (Å²) >= 11 is 0. The summed E-state index contributed by atoms with van der Waals surface area (Å²) in [5.41, 5.74) is 7.24. The number of amides is 2. The van der Waals surface area contributed by atoms with E-state index in [-0.39, 0.29) is 31.6 Å². The van der Waals surface area contributed by atoms with Crippen LogP contribution in [0.2, 0.25) is 0 Å². The number of hydrogen-bond acceptors (Lipinski definition) is 4. The lowest BCUT2D eigenvalue weighted by Gasteiger charge is -2.02. The molecule has 10 heteroatoms. The number of nitrogens with one attached hydrogen (secondary N) is 3. The molecule has 4 heterocycles. The van der Waals surface area contributed by atoms with E-state index in [1.807, 2.05) is 25.1 Å². The molecular formula is C32H32N4O6. The zero-order chi connectivity index (χ0) is 30.7. The number of carbonyl (C=O) groups is 4. The summed E-state index contributed by atoms with van der Waals surface area (Å²) < 4.78 is 0. The number of hydrogen-bond donors (Lipinski definition) is 5. The Balaban J connectivity index is 1.80. The Labute approximate surface area is 242 Å². The summed E-state index contributed by atoms with van der Waals surface area (Å²) in [5.74, 6) is -2.53. The second-order valence-corrected chi connectivity index (χ2v) is 10.1. The molecule has 216 valence electrons. The number of aromatic amines is 2. The number of carboxylic acid groups (broad SMARTS) is 2.